The van der Waals surface area contributed by atoms with Gasteiger partial charge in [-0.05, 0) is 67.9 Å². The summed E-state index contributed by atoms with van der Waals surface area (Å²) in [6.45, 7) is 2.99. The summed E-state index contributed by atoms with van der Waals surface area (Å²) >= 11 is 0. The Bertz CT molecular complexity index is 1290. The van der Waals surface area contributed by atoms with Crippen LogP contribution in [0.1, 0.15) is 24.0 Å². The number of halogens is 1. The van der Waals surface area contributed by atoms with E-state index in [1.54, 1.807) is 6.07 Å². The summed E-state index contributed by atoms with van der Waals surface area (Å²) in [5, 5.41) is 8.68. The average molecular weight is 412 g/mol. The zero-order valence-electron chi connectivity index (χ0n) is 18.2. The van der Waals surface area contributed by atoms with E-state index in [2.05, 4.69) is 28.3 Å². The minimum absolute atomic E-state index is 0.283. The minimum Gasteiger partial charge on any atom is -0.320 e. The van der Waals surface area contributed by atoms with Gasteiger partial charge >= 0.3 is 0 Å². The van der Waals surface area contributed by atoms with Crippen LogP contribution >= 0.6 is 0 Å². The second-order valence-corrected chi connectivity index (χ2v) is 7.74. The molecule has 0 spiro atoms. The number of nitrogens with zero attached hydrogens (tertiary/aromatic N) is 2. The van der Waals surface area contributed by atoms with Gasteiger partial charge in [0.25, 0.3) is 0 Å². The first-order chi connectivity index (χ1) is 15.1. The van der Waals surface area contributed by atoms with Crippen LogP contribution in [0.25, 0.3) is 33.3 Å². The third-order valence-electron chi connectivity index (χ3n) is 5.42. The molecule has 1 heterocycles. The molecule has 0 aliphatic carbocycles. The first-order valence-corrected chi connectivity index (χ1v) is 10.5. The van der Waals surface area contributed by atoms with Crippen LogP contribution in [0.15, 0.2) is 60.7 Å². The monoisotopic (exact) mass is 411 g/mol. The molecule has 0 atom stereocenters. The number of hydrogen-bond donors (Lipinski definition) is 1. The molecule has 3 nitrogen and oxygen atoms in total. The molecule has 0 aliphatic rings. The van der Waals surface area contributed by atoms with Crippen LogP contribution in [0.2, 0.25) is 0 Å². The SMILES string of the molecule is CNCCCC#Cc1ccccc1-c1ccc(-c2nn(C)c3cc(C)ccc23)c(F)c1. The summed E-state index contributed by atoms with van der Waals surface area (Å²) in [5.74, 6) is 6.20. The number of rotatable bonds is 5. The van der Waals surface area contributed by atoms with Crippen molar-refractivity contribution < 1.29 is 4.39 Å². The molecule has 0 fully saturated rings. The Balaban J connectivity index is 1.70. The average Bonchev–Trinajstić information content (AvgIpc) is 3.09. The molecule has 0 radical (unpaired) electrons. The quantitative estimate of drug-likeness (QED) is 0.337. The van der Waals surface area contributed by atoms with Crippen molar-refractivity contribution >= 4 is 10.9 Å². The maximum Gasteiger partial charge on any atom is 0.133 e. The first-order valence-electron chi connectivity index (χ1n) is 10.5. The zero-order valence-corrected chi connectivity index (χ0v) is 18.2. The third-order valence-corrected chi connectivity index (χ3v) is 5.42. The number of hydrogen-bond acceptors (Lipinski definition) is 2. The van der Waals surface area contributed by atoms with E-state index >= 15 is 4.39 Å². The van der Waals surface area contributed by atoms with Gasteiger partial charge in [-0.25, -0.2) is 4.39 Å². The van der Waals surface area contributed by atoms with Crippen LogP contribution in [-0.2, 0) is 7.05 Å². The molecule has 0 unspecified atom stereocenters. The zero-order chi connectivity index (χ0) is 21.8. The van der Waals surface area contributed by atoms with Crippen LogP contribution in [0.5, 0.6) is 0 Å². The van der Waals surface area contributed by atoms with Gasteiger partial charge in [-0.1, -0.05) is 48.2 Å². The lowest BCUT2D eigenvalue weighted by Gasteiger charge is -2.08. The lowest BCUT2D eigenvalue weighted by atomic mass is 9.97. The molecule has 31 heavy (non-hydrogen) atoms. The van der Waals surface area contributed by atoms with Crippen LogP contribution in [0, 0.1) is 24.6 Å². The van der Waals surface area contributed by atoms with E-state index in [1.807, 2.05) is 74.2 Å². The molecule has 0 saturated carbocycles. The highest BCUT2D eigenvalue weighted by Crippen LogP contribution is 2.33. The lowest BCUT2D eigenvalue weighted by molar-refractivity contribution is 0.630. The molecule has 4 heteroatoms. The number of unbranched alkanes of at least 4 members (excludes halogenated alkanes) is 1. The molecule has 3 aromatic carbocycles. The summed E-state index contributed by atoms with van der Waals surface area (Å²) in [6.07, 6.45) is 1.83. The summed E-state index contributed by atoms with van der Waals surface area (Å²) in [4.78, 5) is 0. The van der Waals surface area contributed by atoms with E-state index in [0.717, 1.165) is 52.5 Å². The molecule has 1 aromatic heterocycles. The van der Waals surface area contributed by atoms with Crippen LogP contribution in [0.4, 0.5) is 4.39 Å². The minimum atomic E-state index is -0.283. The van der Waals surface area contributed by atoms with Crippen molar-refractivity contribution in [1.82, 2.24) is 15.1 Å². The van der Waals surface area contributed by atoms with E-state index in [-0.39, 0.29) is 5.82 Å². The van der Waals surface area contributed by atoms with Crippen molar-refractivity contribution in [3.63, 3.8) is 0 Å². The first kappa shape index (κ1) is 20.8. The Kier molecular flexibility index (Phi) is 6.16. The van der Waals surface area contributed by atoms with Crippen molar-refractivity contribution in [2.75, 3.05) is 13.6 Å². The van der Waals surface area contributed by atoms with E-state index < -0.39 is 0 Å². The van der Waals surface area contributed by atoms with Crippen LogP contribution < -0.4 is 5.32 Å². The normalized spacial score (nSPS) is 10.8. The maximum absolute atomic E-state index is 15.3. The Morgan fingerprint density at radius 3 is 2.68 bits per heavy atom. The van der Waals surface area contributed by atoms with E-state index in [9.17, 15) is 0 Å². The molecular formula is C27H26FN3. The summed E-state index contributed by atoms with van der Waals surface area (Å²) in [6, 6.07) is 19.4. The van der Waals surface area contributed by atoms with Crippen molar-refractivity contribution in [2.24, 2.45) is 7.05 Å². The fourth-order valence-electron chi connectivity index (χ4n) is 3.80. The highest BCUT2D eigenvalue weighted by molar-refractivity contribution is 5.94. The fraction of sp³-hybridized carbons (Fsp3) is 0.222. The van der Waals surface area contributed by atoms with Gasteiger partial charge in [0.2, 0.25) is 0 Å². The number of aromatic nitrogens is 2. The van der Waals surface area contributed by atoms with Crippen molar-refractivity contribution in [2.45, 2.75) is 19.8 Å². The standard InChI is InChI=1S/C27H26FN3/c1-19-12-14-24-26(17-19)31(3)30-27(24)23-15-13-21(18-25(23)28)22-11-7-6-10-20(22)9-5-4-8-16-29-2/h6-7,10-15,17-18,29H,4,8,16H2,1-3H3. The smallest absolute Gasteiger partial charge is 0.133 e. The summed E-state index contributed by atoms with van der Waals surface area (Å²) in [7, 11) is 3.83. The number of aryl methyl sites for hydroxylation is 2. The van der Waals surface area contributed by atoms with Gasteiger partial charge < -0.3 is 5.32 Å². The van der Waals surface area contributed by atoms with E-state index in [0.29, 0.717) is 11.3 Å². The van der Waals surface area contributed by atoms with E-state index in [1.165, 1.54) is 0 Å². The van der Waals surface area contributed by atoms with Gasteiger partial charge in [0, 0.05) is 30.0 Å². The second-order valence-electron chi connectivity index (χ2n) is 7.74. The van der Waals surface area contributed by atoms with Gasteiger partial charge in [-0.2, -0.15) is 5.10 Å². The highest BCUT2D eigenvalue weighted by Gasteiger charge is 2.15. The Morgan fingerprint density at radius 1 is 1.03 bits per heavy atom. The van der Waals surface area contributed by atoms with Gasteiger partial charge in [0.05, 0.1) is 5.52 Å². The summed E-state index contributed by atoms with van der Waals surface area (Å²) in [5.41, 5.74) is 6.00. The summed E-state index contributed by atoms with van der Waals surface area (Å²) < 4.78 is 17.1. The third kappa shape index (κ3) is 4.38. The Labute approximate surface area is 182 Å². The van der Waals surface area contributed by atoms with Gasteiger partial charge in [-0.15, -0.1) is 0 Å². The highest BCUT2D eigenvalue weighted by atomic mass is 19.1. The van der Waals surface area contributed by atoms with Gasteiger partial charge in [0.15, 0.2) is 0 Å². The van der Waals surface area contributed by atoms with Crippen LogP contribution in [0.3, 0.4) is 0 Å². The van der Waals surface area contributed by atoms with Gasteiger partial charge in [-0.3, -0.25) is 4.68 Å². The van der Waals surface area contributed by atoms with Crippen molar-refractivity contribution in [3.05, 3.63) is 77.6 Å². The molecule has 0 saturated heterocycles. The van der Waals surface area contributed by atoms with Crippen LogP contribution in [-0.4, -0.2) is 23.4 Å². The molecular weight excluding hydrogens is 385 g/mol. The molecule has 0 amide bonds. The van der Waals surface area contributed by atoms with Crippen molar-refractivity contribution in [3.8, 4) is 34.2 Å². The Morgan fingerprint density at radius 2 is 1.87 bits per heavy atom. The molecule has 1 N–H and O–H groups in total. The molecule has 4 aromatic rings. The largest absolute Gasteiger partial charge is 0.320 e. The predicted octanol–water partition coefficient (Wildman–Crippen LogP) is 5.71. The molecule has 156 valence electrons. The fourth-order valence-corrected chi connectivity index (χ4v) is 3.80. The lowest BCUT2D eigenvalue weighted by Crippen LogP contribution is -2.06. The second kappa shape index (κ2) is 9.16. The van der Waals surface area contributed by atoms with Gasteiger partial charge in [0.1, 0.15) is 11.5 Å². The number of fused-ring (bicyclic) bond motifs is 1. The molecule has 0 bridgehead atoms. The van der Waals surface area contributed by atoms with Crippen molar-refractivity contribution in [1.29, 1.82) is 0 Å². The molecule has 0 aliphatic heterocycles. The predicted molar refractivity (Wildman–Crippen MR) is 126 cm³/mol. The number of benzene rings is 3. The topological polar surface area (TPSA) is 29.9 Å². The Hall–Kier alpha value is -3.42. The number of nitrogens with one attached hydrogen (secondary N) is 1. The molecule has 4 rings (SSSR count). The van der Waals surface area contributed by atoms with E-state index in [4.69, 9.17) is 0 Å². The maximum atomic E-state index is 15.3.